The number of esters is 3. The number of carbonyl (C=O) groups excluding carboxylic acids is 3. The van der Waals surface area contributed by atoms with E-state index in [0.717, 1.165) is 103 Å². The minimum absolute atomic E-state index is 0.0807. The van der Waals surface area contributed by atoms with Crippen LogP contribution < -0.4 is 0 Å². The smallest absolute Gasteiger partial charge is 0.306 e. The van der Waals surface area contributed by atoms with Gasteiger partial charge in [-0.25, -0.2) is 0 Å². The van der Waals surface area contributed by atoms with E-state index in [0.29, 0.717) is 19.3 Å². The van der Waals surface area contributed by atoms with E-state index in [9.17, 15) is 14.4 Å². The Morgan fingerprint density at radius 2 is 0.519 bits per heavy atom. The summed E-state index contributed by atoms with van der Waals surface area (Å²) in [5.41, 5.74) is 0. The number of hydrogen-bond donors (Lipinski definition) is 0. The average molecular weight is 1070 g/mol. The zero-order valence-electron chi connectivity index (χ0n) is 51.0. The highest BCUT2D eigenvalue weighted by atomic mass is 16.6. The van der Waals surface area contributed by atoms with Crippen molar-refractivity contribution in [1.82, 2.24) is 0 Å². The highest BCUT2D eigenvalue weighted by Crippen LogP contribution is 2.17. The molecule has 444 valence electrons. The molecule has 0 aromatic carbocycles. The van der Waals surface area contributed by atoms with Crippen molar-refractivity contribution in [2.24, 2.45) is 0 Å². The molecule has 0 aliphatic heterocycles. The maximum absolute atomic E-state index is 12.9. The van der Waals surface area contributed by atoms with Crippen LogP contribution in [-0.4, -0.2) is 37.2 Å². The van der Waals surface area contributed by atoms with Crippen LogP contribution in [0.3, 0.4) is 0 Å². The third-order valence-electron chi connectivity index (χ3n) is 14.4. The fourth-order valence-corrected chi connectivity index (χ4v) is 9.39. The lowest BCUT2D eigenvalue weighted by molar-refractivity contribution is -0.167. The van der Waals surface area contributed by atoms with E-state index in [-0.39, 0.29) is 31.1 Å². The van der Waals surface area contributed by atoms with Gasteiger partial charge >= 0.3 is 17.9 Å². The first-order valence-corrected chi connectivity index (χ1v) is 33.1. The topological polar surface area (TPSA) is 78.9 Å². The van der Waals surface area contributed by atoms with Crippen LogP contribution >= 0.6 is 0 Å². The van der Waals surface area contributed by atoms with Gasteiger partial charge in [0.05, 0.1) is 0 Å². The van der Waals surface area contributed by atoms with Crippen LogP contribution in [0.4, 0.5) is 0 Å². The summed E-state index contributed by atoms with van der Waals surface area (Å²) in [6, 6.07) is 0. The molecule has 0 N–H and O–H groups in total. The second-order valence-corrected chi connectivity index (χ2v) is 22.0. The Bertz CT molecular complexity index is 1470. The summed E-state index contributed by atoms with van der Waals surface area (Å²) < 4.78 is 16.9. The fourth-order valence-electron chi connectivity index (χ4n) is 9.39. The standard InChI is InChI=1S/C71H124O6/c1-4-7-10-13-16-19-22-24-26-28-30-32-33-34-35-36-37-39-40-42-44-46-49-52-55-58-61-64-70(73)76-67-68(66-75-69(72)63-60-57-54-51-48-21-18-15-12-9-6-3)77-71(74)65-62-59-56-53-50-47-45-43-41-38-31-29-27-25-23-20-17-14-11-8-5-2/h8,11,15,17-18,20,22,24-25,27-28,30-31,38,68H,4-7,9-10,12-14,16,19,21,23,26,29,32-37,39-67H2,1-3H3/b11-8-,18-15-,20-17-,24-22-,27-25-,30-28-,38-31-. The van der Waals surface area contributed by atoms with Crippen LogP contribution in [-0.2, 0) is 28.6 Å². The summed E-state index contributed by atoms with van der Waals surface area (Å²) in [6.45, 7) is 6.50. The van der Waals surface area contributed by atoms with Crippen LogP contribution in [0.2, 0.25) is 0 Å². The molecule has 0 spiro atoms. The molecule has 1 unspecified atom stereocenters. The Kier molecular flexibility index (Phi) is 62.2. The first kappa shape index (κ1) is 73.6. The first-order chi connectivity index (χ1) is 38.0. The summed E-state index contributed by atoms with van der Waals surface area (Å²) in [6.07, 6.45) is 86.0. The van der Waals surface area contributed by atoms with E-state index in [4.69, 9.17) is 14.2 Å². The SMILES string of the molecule is CC/C=C\C/C=C\C/C=C\C/C=C\CCCCCCCCCCC(=O)OC(COC(=O)CCCCCCC/C=C\CCCC)COC(=O)CCCCCCCCCCCCCCCCC/C=C\C/C=C\CCCCCCC. The molecule has 0 aliphatic rings. The zero-order chi connectivity index (χ0) is 55.7. The molecular weight excluding hydrogens is 949 g/mol. The van der Waals surface area contributed by atoms with E-state index in [2.05, 4.69) is 106 Å². The lowest BCUT2D eigenvalue weighted by atomic mass is 10.0. The van der Waals surface area contributed by atoms with E-state index in [1.807, 2.05) is 0 Å². The lowest BCUT2D eigenvalue weighted by Crippen LogP contribution is -2.30. The monoisotopic (exact) mass is 1070 g/mol. The van der Waals surface area contributed by atoms with Gasteiger partial charge < -0.3 is 14.2 Å². The molecule has 6 nitrogen and oxygen atoms in total. The molecule has 0 fully saturated rings. The summed E-state index contributed by atoms with van der Waals surface area (Å²) in [5, 5.41) is 0. The quantitative estimate of drug-likeness (QED) is 0.0261. The van der Waals surface area contributed by atoms with E-state index in [1.54, 1.807) is 0 Å². The van der Waals surface area contributed by atoms with Gasteiger partial charge in [-0.2, -0.15) is 0 Å². The molecule has 0 aliphatic carbocycles. The third kappa shape index (κ3) is 63.3. The Labute approximate surface area is 477 Å². The van der Waals surface area contributed by atoms with Crippen molar-refractivity contribution < 1.29 is 28.6 Å². The normalized spacial score (nSPS) is 12.6. The maximum Gasteiger partial charge on any atom is 0.306 e. The lowest BCUT2D eigenvalue weighted by Gasteiger charge is -2.18. The van der Waals surface area contributed by atoms with Crippen molar-refractivity contribution in [3.63, 3.8) is 0 Å². The van der Waals surface area contributed by atoms with Crippen molar-refractivity contribution in [2.45, 2.75) is 335 Å². The minimum Gasteiger partial charge on any atom is -0.462 e. The fraction of sp³-hybridized carbons (Fsp3) is 0.761. The average Bonchev–Trinajstić information content (AvgIpc) is 3.43. The Hall–Kier alpha value is -3.41. The molecule has 0 heterocycles. The van der Waals surface area contributed by atoms with Crippen LogP contribution in [0.25, 0.3) is 0 Å². The zero-order valence-corrected chi connectivity index (χ0v) is 51.0. The van der Waals surface area contributed by atoms with E-state index < -0.39 is 6.10 Å². The van der Waals surface area contributed by atoms with Gasteiger partial charge in [0.25, 0.3) is 0 Å². The van der Waals surface area contributed by atoms with Gasteiger partial charge in [-0.15, -0.1) is 0 Å². The molecule has 0 aromatic rings. The van der Waals surface area contributed by atoms with Gasteiger partial charge in [-0.1, -0.05) is 286 Å². The van der Waals surface area contributed by atoms with Gasteiger partial charge in [-0.3, -0.25) is 14.4 Å². The summed E-state index contributed by atoms with van der Waals surface area (Å²) >= 11 is 0. The van der Waals surface area contributed by atoms with Crippen molar-refractivity contribution in [2.75, 3.05) is 13.2 Å². The molecular formula is C71H124O6. The van der Waals surface area contributed by atoms with Gasteiger partial charge in [0.1, 0.15) is 13.2 Å². The maximum atomic E-state index is 12.9. The number of allylic oxidation sites excluding steroid dienone is 14. The predicted octanol–water partition coefficient (Wildman–Crippen LogP) is 22.7. The van der Waals surface area contributed by atoms with Gasteiger partial charge in [0.15, 0.2) is 6.10 Å². The molecule has 0 radical (unpaired) electrons. The molecule has 0 aromatic heterocycles. The number of carbonyl (C=O) groups is 3. The Morgan fingerprint density at radius 1 is 0.273 bits per heavy atom. The molecule has 0 saturated carbocycles. The van der Waals surface area contributed by atoms with Gasteiger partial charge in [0, 0.05) is 19.3 Å². The van der Waals surface area contributed by atoms with E-state index >= 15 is 0 Å². The molecule has 0 bridgehead atoms. The number of unbranched alkanes of at least 4 members (excludes halogenated alkanes) is 35. The molecule has 1 atom stereocenters. The van der Waals surface area contributed by atoms with Crippen molar-refractivity contribution in [1.29, 1.82) is 0 Å². The van der Waals surface area contributed by atoms with Crippen molar-refractivity contribution in [3.05, 3.63) is 85.1 Å². The second kappa shape index (κ2) is 65.1. The van der Waals surface area contributed by atoms with Crippen LogP contribution in [0.15, 0.2) is 85.1 Å². The molecule has 6 heteroatoms. The molecule has 0 rings (SSSR count). The Balaban J connectivity index is 4.24. The summed E-state index contributed by atoms with van der Waals surface area (Å²) in [7, 11) is 0. The van der Waals surface area contributed by atoms with Gasteiger partial charge in [-0.05, 0) is 109 Å². The summed E-state index contributed by atoms with van der Waals surface area (Å²) in [5.74, 6) is -0.887. The predicted molar refractivity (Wildman–Crippen MR) is 334 cm³/mol. The minimum atomic E-state index is -0.785. The molecule has 0 amide bonds. The number of ether oxygens (including phenoxy) is 3. The molecule has 0 saturated heterocycles. The highest BCUT2D eigenvalue weighted by molar-refractivity contribution is 5.71. The number of hydrogen-bond acceptors (Lipinski definition) is 6. The van der Waals surface area contributed by atoms with Crippen LogP contribution in [0.1, 0.15) is 329 Å². The Morgan fingerprint density at radius 3 is 0.844 bits per heavy atom. The summed E-state index contributed by atoms with van der Waals surface area (Å²) in [4.78, 5) is 38.3. The van der Waals surface area contributed by atoms with Gasteiger partial charge in [0.2, 0.25) is 0 Å². The van der Waals surface area contributed by atoms with Crippen LogP contribution in [0, 0.1) is 0 Å². The second-order valence-electron chi connectivity index (χ2n) is 22.0. The largest absolute Gasteiger partial charge is 0.462 e. The van der Waals surface area contributed by atoms with Crippen molar-refractivity contribution in [3.8, 4) is 0 Å². The van der Waals surface area contributed by atoms with Crippen LogP contribution in [0.5, 0.6) is 0 Å². The van der Waals surface area contributed by atoms with E-state index in [1.165, 1.54) is 186 Å². The third-order valence-corrected chi connectivity index (χ3v) is 14.4. The highest BCUT2D eigenvalue weighted by Gasteiger charge is 2.19. The molecule has 77 heavy (non-hydrogen) atoms. The number of rotatable bonds is 60. The first-order valence-electron chi connectivity index (χ1n) is 33.1. The van der Waals surface area contributed by atoms with Crippen molar-refractivity contribution >= 4 is 17.9 Å².